The van der Waals surface area contributed by atoms with Gasteiger partial charge in [0.2, 0.25) is 0 Å². The van der Waals surface area contributed by atoms with Crippen molar-refractivity contribution in [1.29, 1.82) is 0 Å². The van der Waals surface area contributed by atoms with Gasteiger partial charge < -0.3 is 15.2 Å². The molecule has 1 unspecified atom stereocenters. The normalized spacial score (nSPS) is 12.2. The summed E-state index contributed by atoms with van der Waals surface area (Å²) in [5.41, 5.74) is 7.22. The zero-order valence-electron chi connectivity index (χ0n) is 9.84. The fourth-order valence-electron chi connectivity index (χ4n) is 1.68. The second-order valence-electron chi connectivity index (χ2n) is 3.61. The minimum absolute atomic E-state index is 0.181. The van der Waals surface area contributed by atoms with E-state index in [1.807, 2.05) is 35.7 Å². The third-order valence-corrected chi connectivity index (χ3v) is 3.61. The van der Waals surface area contributed by atoms with Gasteiger partial charge in [-0.05, 0) is 12.1 Å². The van der Waals surface area contributed by atoms with Crippen molar-refractivity contribution in [1.82, 2.24) is 0 Å². The first-order chi connectivity index (χ1) is 8.26. The first kappa shape index (κ1) is 12.0. The van der Waals surface area contributed by atoms with Gasteiger partial charge in [0.25, 0.3) is 0 Å². The van der Waals surface area contributed by atoms with Crippen molar-refractivity contribution in [2.75, 3.05) is 14.2 Å². The Bertz CT molecular complexity index is 496. The molecular weight excluding hydrogens is 234 g/mol. The summed E-state index contributed by atoms with van der Waals surface area (Å²) in [6.07, 6.45) is 0. The highest BCUT2D eigenvalue weighted by Gasteiger charge is 2.15. The van der Waals surface area contributed by atoms with Crippen LogP contribution in [0.1, 0.15) is 16.5 Å². The third-order valence-electron chi connectivity index (χ3n) is 2.61. The zero-order chi connectivity index (χ0) is 12.3. The molecule has 1 aromatic heterocycles. The van der Waals surface area contributed by atoms with E-state index in [0.29, 0.717) is 0 Å². The Kier molecular flexibility index (Phi) is 3.66. The van der Waals surface area contributed by atoms with Crippen molar-refractivity contribution in [3.8, 4) is 11.5 Å². The van der Waals surface area contributed by atoms with Crippen molar-refractivity contribution in [3.05, 3.63) is 46.2 Å². The van der Waals surface area contributed by atoms with E-state index < -0.39 is 0 Å². The molecule has 0 aliphatic rings. The van der Waals surface area contributed by atoms with E-state index in [2.05, 4.69) is 0 Å². The van der Waals surface area contributed by atoms with Crippen LogP contribution in [0.2, 0.25) is 0 Å². The number of thiophene rings is 1. The van der Waals surface area contributed by atoms with E-state index in [0.717, 1.165) is 21.9 Å². The van der Waals surface area contributed by atoms with Gasteiger partial charge in [-0.2, -0.15) is 0 Å². The molecular formula is C13H15NO2S. The lowest BCUT2D eigenvalue weighted by Crippen LogP contribution is -2.11. The molecule has 0 radical (unpaired) electrons. The highest BCUT2D eigenvalue weighted by atomic mass is 32.1. The molecule has 90 valence electrons. The predicted molar refractivity (Wildman–Crippen MR) is 69.9 cm³/mol. The van der Waals surface area contributed by atoms with E-state index in [-0.39, 0.29) is 6.04 Å². The van der Waals surface area contributed by atoms with Crippen molar-refractivity contribution in [2.24, 2.45) is 5.73 Å². The molecule has 0 saturated heterocycles. The Morgan fingerprint density at radius 2 is 1.94 bits per heavy atom. The standard InChI is InChI=1S/C13H15NO2S/c1-15-9-7-12(17-8-9)13(14)10-5-3-4-6-11(10)16-2/h3-8,13H,14H2,1-2H3. The van der Waals surface area contributed by atoms with Crippen LogP contribution in [-0.2, 0) is 0 Å². The average molecular weight is 249 g/mol. The number of para-hydroxylation sites is 1. The second-order valence-corrected chi connectivity index (χ2v) is 4.55. The summed E-state index contributed by atoms with van der Waals surface area (Å²) in [7, 11) is 3.31. The second kappa shape index (κ2) is 5.21. The summed E-state index contributed by atoms with van der Waals surface area (Å²) < 4.78 is 10.5. The Morgan fingerprint density at radius 3 is 2.59 bits per heavy atom. The van der Waals surface area contributed by atoms with Crippen molar-refractivity contribution >= 4 is 11.3 Å². The summed E-state index contributed by atoms with van der Waals surface area (Å²) in [6.45, 7) is 0. The highest BCUT2D eigenvalue weighted by molar-refractivity contribution is 7.10. The van der Waals surface area contributed by atoms with Gasteiger partial charge in [-0.25, -0.2) is 0 Å². The number of hydrogen-bond donors (Lipinski definition) is 1. The lowest BCUT2D eigenvalue weighted by molar-refractivity contribution is 0.407. The maximum absolute atomic E-state index is 6.24. The number of hydrogen-bond acceptors (Lipinski definition) is 4. The fourth-order valence-corrected chi connectivity index (χ4v) is 2.56. The summed E-state index contributed by atoms with van der Waals surface area (Å²) in [5, 5.41) is 1.95. The Balaban J connectivity index is 2.32. The molecule has 17 heavy (non-hydrogen) atoms. The molecule has 0 spiro atoms. The van der Waals surface area contributed by atoms with Crippen LogP contribution in [0.5, 0.6) is 11.5 Å². The fraction of sp³-hybridized carbons (Fsp3) is 0.231. The van der Waals surface area contributed by atoms with E-state index in [4.69, 9.17) is 15.2 Å². The molecule has 0 aliphatic carbocycles. The van der Waals surface area contributed by atoms with Gasteiger partial charge in [-0.1, -0.05) is 18.2 Å². The molecule has 0 saturated carbocycles. The molecule has 2 aromatic rings. The largest absolute Gasteiger partial charge is 0.496 e. The number of methoxy groups -OCH3 is 2. The smallest absolute Gasteiger partial charge is 0.129 e. The molecule has 4 heteroatoms. The van der Waals surface area contributed by atoms with Crippen molar-refractivity contribution in [2.45, 2.75) is 6.04 Å². The molecule has 1 aromatic carbocycles. The van der Waals surface area contributed by atoms with Crippen LogP contribution in [0.15, 0.2) is 35.7 Å². The topological polar surface area (TPSA) is 44.5 Å². The Morgan fingerprint density at radius 1 is 1.18 bits per heavy atom. The van der Waals surface area contributed by atoms with E-state index in [1.54, 1.807) is 25.6 Å². The third kappa shape index (κ3) is 2.43. The van der Waals surface area contributed by atoms with Crippen LogP contribution in [-0.4, -0.2) is 14.2 Å². The monoisotopic (exact) mass is 249 g/mol. The predicted octanol–water partition coefficient (Wildman–Crippen LogP) is 2.81. The molecule has 3 nitrogen and oxygen atoms in total. The van der Waals surface area contributed by atoms with Crippen LogP contribution >= 0.6 is 11.3 Å². The van der Waals surface area contributed by atoms with Gasteiger partial charge in [0, 0.05) is 15.8 Å². The van der Waals surface area contributed by atoms with E-state index in [1.165, 1.54) is 0 Å². The van der Waals surface area contributed by atoms with Gasteiger partial charge in [0.15, 0.2) is 0 Å². The minimum Gasteiger partial charge on any atom is -0.496 e. The van der Waals surface area contributed by atoms with E-state index in [9.17, 15) is 0 Å². The quantitative estimate of drug-likeness (QED) is 0.906. The molecule has 2 rings (SSSR count). The summed E-state index contributed by atoms with van der Waals surface area (Å²) in [4.78, 5) is 1.06. The molecule has 1 heterocycles. The summed E-state index contributed by atoms with van der Waals surface area (Å²) >= 11 is 1.59. The van der Waals surface area contributed by atoms with Crippen LogP contribution < -0.4 is 15.2 Å². The molecule has 0 fully saturated rings. The first-order valence-electron chi connectivity index (χ1n) is 5.27. The number of nitrogens with two attached hydrogens (primary N) is 1. The van der Waals surface area contributed by atoms with Crippen molar-refractivity contribution < 1.29 is 9.47 Å². The maximum Gasteiger partial charge on any atom is 0.129 e. The number of rotatable bonds is 4. The van der Waals surface area contributed by atoms with Gasteiger partial charge in [0.05, 0.1) is 20.3 Å². The van der Waals surface area contributed by atoms with Gasteiger partial charge in [-0.15, -0.1) is 11.3 Å². The highest BCUT2D eigenvalue weighted by Crippen LogP contribution is 2.33. The van der Waals surface area contributed by atoms with E-state index >= 15 is 0 Å². The van der Waals surface area contributed by atoms with Gasteiger partial charge in [0.1, 0.15) is 11.5 Å². The van der Waals surface area contributed by atoms with Crippen LogP contribution in [0.4, 0.5) is 0 Å². The average Bonchev–Trinajstić information content (AvgIpc) is 2.86. The molecule has 0 bridgehead atoms. The van der Waals surface area contributed by atoms with Gasteiger partial charge >= 0.3 is 0 Å². The Labute approximate surface area is 105 Å². The van der Waals surface area contributed by atoms with Crippen LogP contribution in [0, 0.1) is 0 Å². The van der Waals surface area contributed by atoms with Gasteiger partial charge in [-0.3, -0.25) is 0 Å². The Hall–Kier alpha value is -1.52. The van der Waals surface area contributed by atoms with Crippen LogP contribution in [0.3, 0.4) is 0 Å². The number of ether oxygens (including phenoxy) is 2. The van der Waals surface area contributed by atoms with Crippen molar-refractivity contribution in [3.63, 3.8) is 0 Å². The number of benzene rings is 1. The maximum atomic E-state index is 6.24. The first-order valence-corrected chi connectivity index (χ1v) is 6.15. The zero-order valence-corrected chi connectivity index (χ0v) is 10.7. The lowest BCUT2D eigenvalue weighted by atomic mass is 10.1. The molecule has 1 atom stereocenters. The summed E-state index contributed by atoms with van der Waals surface area (Å²) in [5.74, 6) is 1.66. The molecule has 0 amide bonds. The molecule has 0 aliphatic heterocycles. The van der Waals surface area contributed by atoms with Crippen LogP contribution in [0.25, 0.3) is 0 Å². The SMILES string of the molecule is COc1csc(C(N)c2ccccc2OC)c1. The summed E-state index contributed by atoms with van der Waals surface area (Å²) in [6, 6.07) is 9.57. The minimum atomic E-state index is -0.181. The lowest BCUT2D eigenvalue weighted by Gasteiger charge is -2.13. The molecule has 2 N–H and O–H groups in total.